The van der Waals surface area contributed by atoms with E-state index in [1.807, 2.05) is 18.2 Å². The Labute approximate surface area is 164 Å². The number of nitrogens with zero attached hydrogens (tertiary/aromatic N) is 1. The molecule has 5 heteroatoms. The summed E-state index contributed by atoms with van der Waals surface area (Å²) < 4.78 is 16.8. The molecule has 0 amide bonds. The summed E-state index contributed by atoms with van der Waals surface area (Å²) in [6.07, 6.45) is 2.86. The van der Waals surface area contributed by atoms with Crippen LogP contribution < -0.4 is 14.2 Å². The Kier molecular flexibility index (Phi) is 3.93. The number of fused-ring (bicyclic) bond motifs is 7. The summed E-state index contributed by atoms with van der Waals surface area (Å²) in [7, 11) is 5.01. The quantitative estimate of drug-likeness (QED) is 0.380. The average molecular weight is 379 g/mol. The number of benzene rings is 3. The van der Waals surface area contributed by atoms with Crippen molar-refractivity contribution in [2.75, 3.05) is 27.9 Å². The van der Waals surface area contributed by atoms with E-state index in [0.717, 1.165) is 58.9 Å². The van der Waals surface area contributed by atoms with Crippen molar-refractivity contribution in [1.29, 1.82) is 0 Å². The topological polar surface area (TPSA) is 50.8 Å². The first kappa shape index (κ1) is 17.6. The fourth-order valence-corrected chi connectivity index (χ4v) is 5.30. The van der Waals surface area contributed by atoms with E-state index in [4.69, 9.17) is 14.2 Å². The molecule has 5 nitrogen and oxygen atoms in total. The first-order valence-corrected chi connectivity index (χ1v) is 9.83. The van der Waals surface area contributed by atoms with Gasteiger partial charge in [0.1, 0.15) is 12.3 Å². The zero-order valence-electron chi connectivity index (χ0n) is 16.6. The number of methoxy groups -OCH3 is 3. The van der Waals surface area contributed by atoms with Gasteiger partial charge in [0.25, 0.3) is 0 Å². The zero-order valence-corrected chi connectivity index (χ0v) is 16.6. The lowest BCUT2D eigenvalue weighted by Crippen LogP contribution is -2.49. The molecular formula is C23H25NO4. The van der Waals surface area contributed by atoms with E-state index in [0.29, 0.717) is 12.3 Å². The van der Waals surface area contributed by atoms with E-state index in [-0.39, 0.29) is 10.7 Å². The number of hydrogen-bond acceptors (Lipinski definition) is 4. The van der Waals surface area contributed by atoms with Gasteiger partial charge in [-0.1, -0.05) is 12.1 Å². The van der Waals surface area contributed by atoms with Crippen molar-refractivity contribution in [3.05, 3.63) is 46.7 Å². The van der Waals surface area contributed by atoms with Gasteiger partial charge in [-0.05, 0) is 39.9 Å². The molecule has 0 N–H and O–H groups in total. The Hall–Kier alpha value is -2.50. The van der Waals surface area contributed by atoms with Crippen LogP contribution in [0.1, 0.15) is 24.0 Å². The molecule has 0 aliphatic carbocycles. The van der Waals surface area contributed by atoms with Crippen LogP contribution in [-0.2, 0) is 13.0 Å². The van der Waals surface area contributed by atoms with Crippen LogP contribution in [0, 0.1) is 5.21 Å². The van der Waals surface area contributed by atoms with Gasteiger partial charge in [-0.15, -0.1) is 0 Å². The molecule has 0 bridgehead atoms. The molecule has 2 atom stereocenters. The fourth-order valence-electron chi connectivity index (χ4n) is 5.30. The molecule has 28 heavy (non-hydrogen) atoms. The molecule has 3 aromatic carbocycles. The lowest BCUT2D eigenvalue weighted by molar-refractivity contribution is -0.907. The lowest BCUT2D eigenvalue weighted by atomic mass is 9.84. The molecule has 2 aliphatic heterocycles. The maximum atomic E-state index is 13.4. The monoisotopic (exact) mass is 379 g/mol. The van der Waals surface area contributed by atoms with Crippen LogP contribution in [0.3, 0.4) is 0 Å². The minimum Gasteiger partial charge on any atom is -0.632 e. The van der Waals surface area contributed by atoms with Gasteiger partial charge in [0.15, 0.2) is 11.5 Å². The predicted molar refractivity (Wildman–Crippen MR) is 110 cm³/mol. The van der Waals surface area contributed by atoms with Gasteiger partial charge in [-0.2, -0.15) is 0 Å². The van der Waals surface area contributed by atoms with E-state index in [2.05, 4.69) is 12.1 Å². The second kappa shape index (κ2) is 6.26. The van der Waals surface area contributed by atoms with E-state index in [1.54, 1.807) is 21.3 Å². The van der Waals surface area contributed by atoms with Crippen molar-refractivity contribution >= 4 is 21.5 Å². The average Bonchev–Trinajstić information content (AvgIpc) is 3.11. The summed E-state index contributed by atoms with van der Waals surface area (Å²) >= 11 is 0. The van der Waals surface area contributed by atoms with Crippen molar-refractivity contribution in [2.45, 2.75) is 31.8 Å². The highest BCUT2D eigenvalue weighted by Gasteiger charge is 2.40. The van der Waals surface area contributed by atoms with Crippen LogP contribution in [0.15, 0.2) is 30.3 Å². The number of hydrogen-bond donors (Lipinski definition) is 0. The summed E-state index contributed by atoms with van der Waals surface area (Å²) in [5.74, 6) is 2.24. The second-order valence-corrected chi connectivity index (χ2v) is 7.93. The number of hydroxylamine groups is 3. The minimum atomic E-state index is -0.0765. The van der Waals surface area contributed by atoms with Gasteiger partial charge in [0.05, 0.1) is 33.9 Å². The number of rotatable bonds is 3. The molecule has 1 saturated heterocycles. The van der Waals surface area contributed by atoms with Crippen molar-refractivity contribution < 1.29 is 18.9 Å². The molecule has 0 saturated carbocycles. The number of quaternary nitrogens is 1. The SMILES string of the molecule is COc1ccc2c3c(c4ccc(OC)c(OC)c4c2c1)C[C@@H]1CCC[N@+]1([O-])C3. The van der Waals surface area contributed by atoms with Crippen LogP contribution in [0.2, 0.25) is 0 Å². The second-order valence-electron chi connectivity index (χ2n) is 7.93. The van der Waals surface area contributed by atoms with Gasteiger partial charge >= 0.3 is 0 Å². The molecule has 2 heterocycles. The standard InChI is InChI=1S/C23H25NO4/c1-26-15-6-7-16-19(12-15)22-17(8-9-21(27-2)23(22)28-3)18-11-14-5-4-10-24(14,25)13-20(16)18/h6-9,12,14H,4-5,10-11,13H2,1-3H3/t14-,24-/m0/s1. The van der Waals surface area contributed by atoms with Crippen LogP contribution in [0.5, 0.6) is 17.2 Å². The molecule has 3 aromatic rings. The van der Waals surface area contributed by atoms with Crippen molar-refractivity contribution in [3.63, 3.8) is 0 Å². The Bertz CT molecular complexity index is 1090. The Morgan fingerprint density at radius 3 is 2.50 bits per heavy atom. The fraction of sp³-hybridized carbons (Fsp3) is 0.391. The third-order valence-corrected chi connectivity index (χ3v) is 6.66. The van der Waals surface area contributed by atoms with E-state index in [1.165, 1.54) is 11.1 Å². The molecular weight excluding hydrogens is 354 g/mol. The largest absolute Gasteiger partial charge is 0.632 e. The predicted octanol–water partition coefficient (Wildman–Crippen LogP) is 4.55. The smallest absolute Gasteiger partial charge is 0.169 e. The maximum Gasteiger partial charge on any atom is 0.169 e. The van der Waals surface area contributed by atoms with Crippen LogP contribution in [0.25, 0.3) is 21.5 Å². The Balaban J connectivity index is 1.92. The third-order valence-electron chi connectivity index (χ3n) is 6.66. The van der Waals surface area contributed by atoms with E-state index < -0.39 is 0 Å². The van der Waals surface area contributed by atoms with Gasteiger partial charge < -0.3 is 24.1 Å². The van der Waals surface area contributed by atoms with Crippen molar-refractivity contribution in [3.8, 4) is 17.2 Å². The zero-order chi connectivity index (χ0) is 19.5. The molecule has 0 radical (unpaired) electrons. The minimum absolute atomic E-state index is 0.0765. The van der Waals surface area contributed by atoms with Crippen LogP contribution in [-0.4, -0.2) is 38.6 Å². The van der Waals surface area contributed by atoms with Crippen molar-refractivity contribution in [1.82, 2.24) is 0 Å². The Morgan fingerprint density at radius 1 is 0.929 bits per heavy atom. The first-order valence-electron chi connectivity index (χ1n) is 9.83. The first-order chi connectivity index (χ1) is 13.6. The summed E-state index contributed by atoms with van der Waals surface area (Å²) in [5.41, 5.74) is 2.48. The lowest BCUT2D eigenvalue weighted by Gasteiger charge is -2.48. The van der Waals surface area contributed by atoms with Gasteiger partial charge in [-0.25, -0.2) is 0 Å². The van der Waals surface area contributed by atoms with Crippen molar-refractivity contribution in [2.24, 2.45) is 0 Å². The molecule has 0 unspecified atom stereocenters. The summed E-state index contributed by atoms with van der Waals surface area (Å²) in [6, 6.07) is 10.4. The third kappa shape index (κ3) is 2.33. The van der Waals surface area contributed by atoms with Gasteiger partial charge in [-0.3, -0.25) is 0 Å². The molecule has 146 valence electrons. The molecule has 5 rings (SSSR count). The summed E-state index contributed by atoms with van der Waals surface area (Å²) in [4.78, 5) is 0. The highest BCUT2D eigenvalue weighted by Crippen LogP contribution is 2.48. The molecule has 2 aliphatic rings. The highest BCUT2D eigenvalue weighted by atomic mass is 16.5. The highest BCUT2D eigenvalue weighted by molar-refractivity contribution is 6.14. The number of ether oxygens (including phenoxy) is 3. The summed E-state index contributed by atoms with van der Waals surface area (Å²) in [6.45, 7) is 1.28. The Morgan fingerprint density at radius 2 is 1.75 bits per heavy atom. The van der Waals surface area contributed by atoms with E-state index in [9.17, 15) is 5.21 Å². The maximum absolute atomic E-state index is 13.4. The van der Waals surface area contributed by atoms with E-state index >= 15 is 0 Å². The molecule has 0 spiro atoms. The van der Waals surface area contributed by atoms with Crippen LogP contribution >= 0.6 is 0 Å². The molecule has 1 fully saturated rings. The van der Waals surface area contributed by atoms with Crippen LogP contribution in [0.4, 0.5) is 0 Å². The van der Waals surface area contributed by atoms with Gasteiger partial charge in [0.2, 0.25) is 0 Å². The normalized spacial score (nSPS) is 23.5. The van der Waals surface area contributed by atoms with Gasteiger partial charge in [0, 0.05) is 30.2 Å². The summed E-state index contributed by atoms with van der Waals surface area (Å²) in [5, 5.41) is 17.8. The molecule has 0 aromatic heterocycles.